The molecular formula is C26H27ClN2O4. The number of hydrogen-bond acceptors (Lipinski definition) is 5. The van der Waals surface area contributed by atoms with Gasteiger partial charge in [-0.1, -0.05) is 6.42 Å². The first-order valence-corrected chi connectivity index (χ1v) is 11.8. The number of aryl methyl sites for hydroxylation is 2. The predicted octanol–water partition coefficient (Wildman–Crippen LogP) is 0.709. The molecule has 1 saturated heterocycles. The number of rotatable bonds is 1. The molecule has 0 N–H and O–H groups in total. The van der Waals surface area contributed by atoms with Crippen LogP contribution in [0.5, 0.6) is 23.0 Å². The molecule has 0 radical (unpaired) electrons. The minimum atomic E-state index is 0. The van der Waals surface area contributed by atoms with E-state index in [1.165, 1.54) is 46.9 Å². The van der Waals surface area contributed by atoms with Gasteiger partial charge in [-0.05, 0) is 61.1 Å². The van der Waals surface area contributed by atoms with Gasteiger partial charge in [-0.25, -0.2) is 0 Å². The average Bonchev–Trinajstić information content (AvgIpc) is 3.19. The second kappa shape index (κ2) is 8.26. The van der Waals surface area contributed by atoms with Crippen molar-refractivity contribution in [3.8, 4) is 34.3 Å². The standard InChI is InChI=1S/C26H27N2O4.ClH/c1-2-5-27(6-3-1)20-14-29-23-10-18-8-22-21-12-26-25(31-16-32-26)9-17(21)4-7-28(22)13-19(18)11-24(23)30-15-20;/h8-13,20H,1-7,14-16H2;1H/q+1;/p-1. The van der Waals surface area contributed by atoms with Crippen LogP contribution in [0.15, 0.2) is 36.5 Å². The van der Waals surface area contributed by atoms with Crippen LogP contribution in [-0.2, 0) is 13.0 Å². The largest absolute Gasteiger partial charge is 1.00 e. The zero-order valence-corrected chi connectivity index (χ0v) is 19.3. The Morgan fingerprint density at radius 2 is 1.45 bits per heavy atom. The van der Waals surface area contributed by atoms with E-state index in [0.717, 1.165) is 49.1 Å². The first-order valence-electron chi connectivity index (χ1n) is 11.8. The summed E-state index contributed by atoms with van der Waals surface area (Å²) in [5.41, 5.74) is 3.74. The molecule has 0 saturated carbocycles. The first-order chi connectivity index (χ1) is 15.8. The lowest BCUT2D eigenvalue weighted by molar-refractivity contribution is -0.686. The molecule has 0 amide bonds. The lowest BCUT2D eigenvalue weighted by Crippen LogP contribution is -3.00. The third-order valence-electron chi connectivity index (χ3n) is 7.31. The van der Waals surface area contributed by atoms with Crippen LogP contribution in [-0.4, -0.2) is 44.0 Å². The molecule has 6 nitrogen and oxygen atoms in total. The van der Waals surface area contributed by atoms with Crippen LogP contribution in [0.2, 0.25) is 0 Å². The molecule has 5 heterocycles. The zero-order valence-electron chi connectivity index (χ0n) is 18.5. The summed E-state index contributed by atoms with van der Waals surface area (Å²) in [5, 5.41) is 2.34. The van der Waals surface area contributed by atoms with E-state index < -0.39 is 0 Å². The van der Waals surface area contributed by atoms with Crippen LogP contribution in [0.25, 0.3) is 22.0 Å². The third-order valence-corrected chi connectivity index (χ3v) is 7.31. The molecule has 0 spiro atoms. The van der Waals surface area contributed by atoms with Crippen LogP contribution in [0.4, 0.5) is 0 Å². The Labute approximate surface area is 199 Å². The summed E-state index contributed by atoms with van der Waals surface area (Å²) in [4.78, 5) is 2.53. The average molecular weight is 467 g/mol. The van der Waals surface area contributed by atoms with E-state index in [1.807, 2.05) is 0 Å². The van der Waals surface area contributed by atoms with Gasteiger partial charge in [0.05, 0.1) is 11.6 Å². The third kappa shape index (κ3) is 3.56. The molecule has 172 valence electrons. The molecular weight excluding hydrogens is 440 g/mol. The molecule has 1 aromatic heterocycles. The van der Waals surface area contributed by atoms with Crippen LogP contribution < -0.4 is 35.9 Å². The van der Waals surface area contributed by atoms with Crippen molar-refractivity contribution in [3.05, 3.63) is 42.1 Å². The van der Waals surface area contributed by atoms with E-state index in [4.69, 9.17) is 18.9 Å². The maximum absolute atomic E-state index is 6.29. The van der Waals surface area contributed by atoms with E-state index in [9.17, 15) is 0 Å². The van der Waals surface area contributed by atoms with Gasteiger partial charge in [0.1, 0.15) is 13.2 Å². The van der Waals surface area contributed by atoms with Crippen molar-refractivity contribution in [2.45, 2.75) is 38.3 Å². The predicted molar refractivity (Wildman–Crippen MR) is 120 cm³/mol. The zero-order chi connectivity index (χ0) is 21.1. The molecule has 33 heavy (non-hydrogen) atoms. The fourth-order valence-electron chi connectivity index (χ4n) is 5.52. The summed E-state index contributed by atoms with van der Waals surface area (Å²) in [6.07, 6.45) is 7.12. The smallest absolute Gasteiger partial charge is 0.231 e. The second-order valence-corrected chi connectivity index (χ2v) is 9.27. The Morgan fingerprint density at radius 3 is 2.24 bits per heavy atom. The minimum absolute atomic E-state index is 0. The van der Waals surface area contributed by atoms with Gasteiger partial charge in [0.2, 0.25) is 12.5 Å². The van der Waals surface area contributed by atoms with Crippen molar-refractivity contribution in [3.63, 3.8) is 0 Å². The van der Waals surface area contributed by atoms with Gasteiger partial charge in [-0.15, -0.1) is 0 Å². The molecule has 2 aromatic carbocycles. The number of ether oxygens (including phenoxy) is 4. The monoisotopic (exact) mass is 466 g/mol. The van der Waals surface area contributed by atoms with Crippen LogP contribution >= 0.6 is 0 Å². The number of likely N-dealkylation sites (tertiary alicyclic amines) is 1. The number of nitrogens with zero attached hydrogens (tertiary/aromatic N) is 2. The summed E-state index contributed by atoms with van der Waals surface area (Å²) in [5.74, 6) is 3.40. The van der Waals surface area contributed by atoms with E-state index in [2.05, 4.69) is 46.0 Å². The van der Waals surface area contributed by atoms with Crippen molar-refractivity contribution in [1.82, 2.24) is 4.90 Å². The summed E-state index contributed by atoms with van der Waals surface area (Å²) >= 11 is 0. The lowest BCUT2D eigenvalue weighted by Gasteiger charge is -2.32. The Kier molecular flexibility index (Phi) is 5.23. The van der Waals surface area contributed by atoms with Gasteiger partial charge < -0.3 is 31.4 Å². The van der Waals surface area contributed by atoms with Gasteiger partial charge in [-0.3, -0.25) is 4.90 Å². The molecule has 1 atom stereocenters. The van der Waals surface area contributed by atoms with Crippen LogP contribution in [0.1, 0.15) is 24.8 Å². The number of hydrogen-bond donors (Lipinski definition) is 0. The topological polar surface area (TPSA) is 44.0 Å². The molecule has 1 unspecified atom stereocenters. The molecule has 7 heteroatoms. The number of piperidine rings is 1. The Balaban J connectivity index is 0.00000206. The number of halogens is 1. The first kappa shape index (κ1) is 20.9. The normalized spacial score (nSPS) is 21.0. The highest BCUT2D eigenvalue weighted by molar-refractivity contribution is 5.88. The minimum Gasteiger partial charge on any atom is -1.00 e. The van der Waals surface area contributed by atoms with Gasteiger partial charge in [0.25, 0.3) is 0 Å². The van der Waals surface area contributed by atoms with Gasteiger partial charge in [-0.2, -0.15) is 4.57 Å². The van der Waals surface area contributed by atoms with Crippen molar-refractivity contribution in [2.24, 2.45) is 0 Å². The molecule has 3 aromatic rings. The summed E-state index contributed by atoms with van der Waals surface area (Å²) in [6, 6.07) is 11.1. The maximum atomic E-state index is 6.29. The lowest BCUT2D eigenvalue weighted by atomic mass is 9.95. The van der Waals surface area contributed by atoms with Crippen molar-refractivity contribution >= 4 is 10.8 Å². The SMILES string of the molecule is [Cl-].c1c2c(cc3c1OCO3)-c1cc3cc4c(cc3c[n+]1CC2)OCC(N1CCCCC1)CO4. The van der Waals surface area contributed by atoms with Crippen LogP contribution in [0, 0.1) is 0 Å². The van der Waals surface area contributed by atoms with Gasteiger partial charge >= 0.3 is 0 Å². The van der Waals surface area contributed by atoms with Crippen molar-refractivity contribution < 1.29 is 35.9 Å². The molecule has 7 rings (SSSR count). The quantitative estimate of drug-likeness (QED) is 0.494. The van der Waals surface area contributed by atoms with E-state index in [-0.39, 0.29) is 12.4 Å². The van der Waals surface area contributed by atoms with E-state index >= 15 is 0 Å². The highest BCUT2D eigenvalue weighted by Crippen LogP contribution is 2.41. The second-order valence-electron chi connectivity index (χ2n) is 9.27. The summed E-state index contributed by atoms with van der Waals surface area (Å²) < 4.78 is 26.1. The Morgan fingerprint density at radius 1 is 0.758 bits per heavy atom. The van der Waals surface area contributed by atoms with Crippen molar-refractivity contribution in [1.29, 1.82) is 0 Å². The van der Waals surface area contributed by atoms with Gasteiger partial charge in [0, 0.05) is 17.9 Å². The molecule has 4 aliphatic heterocycles. The van der Waals surface area contributed by atoms with E-state index in [0.29, 0.717) is 26.0 Å². The van der Waals surface area contributed by atoms with E-state index in [1.54, 1.807) is 0 Å². The number of fused-ring (bicyclic) bond motifs is 6. The number of benzene rings is 2. The van der Waals surface area contributed by atoms with Crippen LogP contribution in [0.3, 0.4) is 0 Å². The number of pyridine rings is 1. The highest BCUT2D eigenvalue weighted by Gasteiger charge is 2.29. The Bertz CT molecular complexity index is 1220. The molecule has 1 fully saturated rings. The summed E-state index contributed by atoms with van der Waals surface area (Å²) in [7, 11) is 0. The highest BCUT2D eigenvalue weighted by atomic mass is 35.5. The Hall–Kier alpha value is -2.70. The molecule has 0 aliphatic carbocycles. The fourth-order valence-corrected chi connectivity index (χ4v) is 5.52. The maximum Gasteiger partial charge on any atom is 0.231 e. The molecule has 0 bridgehead atoms. The fraction of sp³-hybridized carbons (Fsp3) is 0.423. The van der Waals surface area contributed by atoms with Gasteiger partial charge in [0.15, 0.2) is 35.7 Å². The number of aromatic nitrogens is 1. The summed E-state index contributed by atoms with van der Waals surface area (Å²) in [6.45, 7) is 4.93. The van der Waals surface area contributed by atoms with Crippen molar-refractivity contribution in [2.75, 3.05) is 33.1 Å². The molecule has 4 aliphatic rings.